The number of aromatic amines is 2. The molecule has 0 spiro atoms. The molecule has 0 radical (unpaired) electrons. The Morgan fingerprint density at radius 2 is 1.84 bits per heavy atom. The van der Waals surface area contributed by atoms with Gasteiger partial charge in [0.15, 0.2) is 11.5 Å². The maximum Gasteiger partial charge on any atom is 0.224 e. The van der Waals surface area contributed by atoms with Gasteiger partial charge < -0.3 is 10.3 Å². The number of hydrogen-bond donors (Lipinski definition) is 3. The number of nitrogens with zero attached hydrogens (tertiary/aromatic N) is 6. The van der Waals surface area contributed by atoms with Crippen molar-refractivity contribution in [2.75, 3.05) is 5.32 Å². The number of pyridine rings is 4. The predicted molar refractivity (Wildman–Crippen MR) is 146 cm³/mol. The number of anilines is 1. The molecule has 0 unspecified atom stereocenters. The van der Waals surface area contributed by atoms with Crippen LogP contribution in [0.15, 0.2) is 67.5 Å². The van der Waals surface area contributed by atoms with Gasteiger partial charge in [-0.15, -0.1) is 0 Å². The summed E-state index contributed by atoms with van der Waals surface area (Å²) < 4.78 is 0. The summed E-state index contributed by atoms with van der Waals surface area (Å²) in [5.41, 5.74) is 6.74. The number of nitrogens with one attached hydrogen (secondary N) is 3. The number of carbonyl (C=O) groups excluding carboxylic acids is 1. The highest BCUT2D eigenvalue weighted by Crippen LogP contribution is 2.32. The van der Waals surface area contributed by atoms with E-state index in [9.17, 15) is 4.79 Å². The van der Waals surface area contributed by atoms with Crippen molar-refractivity contribution < 1.29 is 4.79 Å². The Labute approximate surface area is 218 Å². The van der Waals surface area contributed by atoms with Crippen LogP contribution in [-0.4, -0.2) is 46.0 Å². The second-order valence-corrected chi connectivity index (χ2v) is 10.3. The van der Waals surface area contributed by atoms with E-state index in [-0.39, 0.29) is 11.3 Å². The molecule has 10 nitrogen and oxygen atoms in total. The quantitative estimate of drug-likeness (QED) is 0.286. The minimum atomic E-state index is -0.107. The lowest BCUT2D eigenvalue weighted by Gasteiger charge is -2.17. The highest BCUT2D eigenvalue weighted by Gasteiger charge is 2.18. The summed E-state index contributed by atoms with van der Waals surface area (Å²) >= 11 is 0. The molecule has 6 aromatic heterocycles. The van der Waals surface area contributed by atoms with E-state index in [2.05, 4.69) is 40.4 Å². The molecule has 0 saturated heterocycles. The summed E-state index contributed by atoms with van der Waals surface area (Å²) in [5.74, 6) is 0.537. The molecular formula is C28H25N9O. The number of amides is 1. The monoisotopic (exact) mass is 503 g/mol. The second kappa shape index (κ2) is 9.15. The van der Waals surface area contributed by atoms with Gasteiger partial charge in [0.25, 0.3) is 0 Å². The standard InChI is InChI=1S/C28H25N9O/c1-28(2,3)11-23(38)33-18-9-17(13-30-14-18)21-10-20-22(15-32-21)36-37-25(20)27-34-24-19(6-8-31-26(24)35-27)16-5-4-7-29-12-16/h4-10,12-15H,11H2,1-3H3,(H,33,38)(H,36,37)(H,31,34,35). The first kappa shape index (κ1) is 23.4. The zero-order valence-corrected chi connectivity index (χ0v) is 21.1. The van der Waals surface area contributed by atoms with Crippen molar-refractivity contribution in [3.63, 3.8) is 0 Å². The van der Waals surface area contributed by atoms with Crippen LogP contribution in [0.5, 0.6) is 0 Å². The first-order valence-corrected chi connectivity index (χ1v) is 12.2. The molecule has 0 aliphatic carbocycles. The van der Waals surface area contributed by atoms with Gasteiger partial charge in [0.2, 0.25) is 5.91 Å². The van der Waals surface area contributed by atoms with Gasteiger partial charge in [0, 0.05) is 53.3 Å². The fraction of sp³-hybridized carbons (Fsp3) is 0.179. The number of rotatable bonds is 5. The first-order chi connectivity index (χ1) is 18.3. The number of aromatic nitrogens is 8. The molecule has 0 bridgehead atoms. The zero-order valence-electron chi connectivity index (χ0n) is 21.1. The van der Waals surface area contributed by atoms with Crippen LogP contribution in [-0.2, 0) is 4.79 Å². The molecule has 0 saturated carbocycles. The van der Waals surface area contributed by atoms with Crippen molar-refractivity contribution in [3.05, 3.63) is 67.5 Å². The van der Waals surface area contributed by atoms with E-state index in [1.165, 1.54) is 0 Å². The van der Waals surface area contributed by atoms with E-state index in [1.807, 2.05) is 57.3 Å². The van der Waals surface area contributed by atoms with Crippen molar-refractivity contribution in [1.29, 1.82) is 0 Å². The van der Waals surface area contributed by atoms with Crippen molar-refractivity contribution in [3.8, 4) is 33.9 Å². The Bertz CT molecular complexity index is 1780. The molecule has 1 amide bonds. The highest BCUT2D eigenvalue weighted by molar-refractivity contribution is 5.97. The van der Waals surface area contributed by atoms with Gasteiger partial charge in [0.1, 0.15) is 5.69 Å². The van der Waals surface area contributed by atoms with Gasteiger partial charge in [-0.05, 0) is 29.7 Å². The van der Waals surface area contributed by atoms with Crippen LogP contribution in [0.3, 0.4) is 0 Å². The molecule has 188 valence electrons. The molecule has 0 atom stereocenters. The summed E-state index contributed by atoms with van der Waals surface area (Å²) in [6.07, 6.45) is 10.8. The van der Waals surface area contributed by atoms with Crippen molar-refractivity contribution in [1.82, 2.24) is 40.1 Å². The van der Waals surface area contributed by atoms with E-state index in [1.54, 1.807) is 31.0 Å². The minimum Gasteiger partial charge on any atom is -0.335 e. The molecule has 6 heterocycles. The molecule has 0 fully saturated rings. The summed E-state index contributed by atoms with van der Waals surface area (Å²) in [6.45, 7) is 6.09. The van der Waals surface area contributed by atoms with Crippen LogP contribution in [0.4, 0.5) is 5.69 Å². The van der Waals surface area contributed by atoms with E-state index in [0.717, 1.165) is 33.1 Å². The zero-order chi connectivity index (χ0) is 26.3. The number of H-pyrrole nitrogens is 2. The topological polar surface area (TPSA) is 138 Å². The van der Waals surface area contributed by atoms with Gasteiger partial charge in [-0.1, -0.05) is 26.8 Å². The molecule has 0 aromatic carbocycles. The Morgan fingerprint density at radius 1 is 0.974 bits per heavy atom. The summed E-state index contributed by atoms with van der Waals surface area (Å²) in [6, 6.07) is 9.64. The van der Waals surface area contributed by atoms with Gasteiger partial charge in [-0.3, -0.25) is 24.8 Å². The lowest BCUT2D eigenvalue weighted by atomic mass is 9.92. The van der Waals surface area contributed by atoms with Crippen molar-refractivity contribution >= 4 is 33.7 Å². The van der Waals surface area contributed by atoms with Crippen LogP contribution in [0.25, 0.3) is 56.0 Å². The Morgan fingerprint density at radius 3 is 2.66 bits per heavy atom. The molecule has 38 heavy (non-hydrogen) atoms. The lowest BCUT2D eigenvalue weighted by Crippen LogP contribution is -2.19. The van der Waals surface area contributed by atoms with Crippen LogP contribution >= 0.6 is 0 Å². The van der Waals surface area contributed by atoms with Crippen LogP contribution in [0.1, 0.15) is 27.2 Å². The third kappa shape index (κ3) is 4.59. The smallest absolute Gasteiger partial charge is 0.224 e. The van der Waals surface area contributed by atoms with Crippen molar-refractivity contribution in [2.45, 2.75) is 27.2 Å². The van der Waals surface area contributed by atoms with E-state index in [0.29, 0.717) is 35.0 Å². The molecule has 6 aromatic rings. The lowest BCUT2D eigenvalue weighted by molar-refractivity contribution is -0.117. The second-order valence-electron chi connectivity index (χ2n) is 10.3. The fourth-order valence-corrected chi connectivity index (χ4v) is 4.38. The van der Waals surface area contributed by atoms with Crippen molar-refractivity contribution in [2.24, 2.45) is 5.41 Å². The van der Waals surface area contributed by atoms with Crippen LogP contribution in [0, 0.1) is 5.41 Å². The average Bonchev–Trinajstić information content (AvgIpc) is 3.51. The third-order valence-corrected chi connectivity index (χ3v) is 6.04. The molecule has 3 N–H and O–H groups in total. The van der Waals surface area contributed by atoms with Gasteiger partial charge in [-0.25, -0.2) is 9.97 Å². The van der Waals surface area contributed by atoms with E-state index < -0.39 is 0 Å². The number of fused-ring (bicyclic) bond motifs is 2. The maximum atomic E-state index is 12.4. The Balaban J connectivity index is 1.36. The third-order valence-electron chi connectivity index (χ3n) is 6.04. The van der Waals surface area contributed by atoms with Gasteiger partial charge in [-0.2, -0.15) is 5.10 Å². The normalized spacial score (nSPS) is 11.8. The SMILES string of the molecule is CC(C)(C)CC(=O)Nc1cncc(-c2cc3c(-c4nc5nccc(-c6cccnc6)c5[nH]4)n[nH]c3cn2)c1. The first-order valence-electron chi connectivity index (χ1n) is 12.2. The van der Waals surface area contributed by atoms with Crippen LogP contribution < -0.4 is 5.32 Å². The highest BCUT2D eigenvalue weighted by atomic mass is 16.1. The maximum absolute atomic E-state index is 12.4. The fourth-order valence-electron chi connectivity index (χ4n) is 4.38. The predicted octanol–water partition coefficient (Wildman–Crippen LogP) is 5.39. The van der Waals surface area contributed by atoms with E-state index >= 15 is 0 Å². The summed E-state index contributed by atoms with van der Waals surface area (Å²) in [4.78, 5) is 38.1. The van der Waals surface area contributed by atoms with E-state index in [4.69, 9.17) is 4.98 Å². The Kier molecular flexibility index (Phi) is 5.64. The number of hydrogen-bond acceptors (Lipinski definition) is 7. The molecule has 6 rings (SSSR count). The van der Waals surface area contributed by atoms with Gasteiger partial charge >= 0.3 is 0 Å². The summed E-state index contributed by atoms with van der Waals surface area (Å²) in [5, 5.41) is 11.3. The molecular weight excluding hydrogens is 478 g/mol. The molecule has 0 aliphatic heterocycles. The average molecular weight is 504 g/mol. The molecule has 10 heteroatoms. The largest absolute Gasteiger partial charge is 0.335 e. The number of imidazole rings is 1. The van der Waals surface area contributed by atoms with Gasteiger partial charge in [0.05, 0.1) is 34.8 Å². The van der Waals surface area contributed by atoms with Crippen LogP contribution in [0.2, 0.25) is 0 Å². The Hall–Kier alpha value is -4.99. The summed E-state index contributed by atoms with van der Waals surface area (Å²) in [7, 11) is 0. The molecule has 0 aliphatic rings. The minimum absolute atomic E-state index is 0.0545. The number of carbonyl (C=O) groups is 1.